The van der Waals surface area contributed by atoms with E-state index in [-0.39, 0.29) is 58.3 Å². The van der Waals surface area contributed by atoms with Gasteiger partial charge in [0.1, 0.15) is 23.7 Å². The first-order valence-corrected chi connectivity index (χ1v) is 9.03. The smallest absolute Gasteiger partial charge is 0.274 e. The van der Waals surface area contributed by atoms with Crippen molar-refractivity contribution >= 4 is 5.91 Å². The fourth-order valence-corrected chi connectivity index (χ4v) is 2.86. The molecule has 3 rings (SSSR count). The van der Waals surface area contributed by atoms with E-state index >= 15 is 0 Å². The molecule has 10 nitrogen and oxygen atoms in total. The van der Waals surface area contributed by atoms with Gasteiger partial charge in [0.25, 0.3) is 11.8 Å². The van der Waals surface area contributed by atoms with Gasteiger partial charge >= 0.3 is 0 Å². The van der Waals surface area contributed by atoms with Gasteiger partial charge in [0.05, 0.1) is 5.56 Å². The van der Waals surface area contributed by atoms with Crippen molar-refractivity contribution in [1.82, 2.24) is 20.6 Å². The lowest BCUT2D eigenvalue weighted by Gasteiger charge is -2.11. The van der Waals surface area contributed by atoms with Crippen molar-refractivity contribution in [1.29, 1.82) is 0 Å². The van der Waals surface area contributed by atoms with Crippen molar-refractivity contribution in [3.63, 3.8) is 0 Å². The minimum absolute atomic E-state index is 0.0259. The lowest BCUT2D eigenvalue weighted by molar-refractivity contribution is 0.0947. The quantitative estimate of drug-likeness (QED) is 0.543. The molecular weight excluding hydrogens is 380 g/mol. The Morgan fingerprint density at radius 2 is 1.97 bits per heavy atom. The van der Waals surface area contributed by atoms with E-state index in [0.717, 1.165) is 0 Å². The summed E-state index contributed by atoms with van der Waals surface area (Å²) in [5, 5.41) is 31.0. The predicted molar refractivity (Wildman–Crippen MR) is 101 cm³/mol. The normalized spacial score (nSPS) is 11.2. The van der Waals surface area contributed by atoms with Gasteiger partial charge in [-0.05, 0) is 24.5 Å². The number of ether oxygens (including phenoxy) is 1. The van der Waals surface area contributed by atoms with Gasteiger partial charge in [-0.15, -0.1) is 0 Å². The Hall–Kier alpha value is -3.40. The number of benzene rings is 1. The molecule has 2 heterocycles. The highest BCUT2D eigenvalue weighted by Crippen LogP contribution is 2.42. The first-order valence-electron chi connectivity index (χ1n) is 9.03. The first-order chi connectivity index (χ1) is 13.9. The van der Waals surface area contributed by atoms with Crippen molar-refractivity contribution < 1.29 is 28.8 Å². The van der Waals surface area contributed by atoms with Crippen LogP contribution >= 0.6 is 0 Å². The fraction of sp³-hybridized carbons (Fsp3) is 0.368. The number of carbonyl (C=O) groups is 1. The second kappa shape index (κ2) is 8.31. The Bertz CT molecular complexity index is 1020. The molecule has 0 fully saturated rings. The Labute approximate surface area is 166 Å². The minimum Gasteiger partial charge on any atom is -0.508 e. The lowest BCUT2D eigenvalue weighted by atomic mass is 9.96. The lowest BCUT2D eigenvalue weighted by Crippen LogP contribution is -2.23. The number of nitrogens with zero attached hydrogens (tertiary/aromatic N) is 3. The molecule has 2 aromatic heterocycles. The van der Waals surface area contributed by atoms with Crippen molar-refractivity contribution in [3.05, 3.63) is 29.3 Å². The molecule has 0 aliphatic heterocycles. The SMILES string of the molecule is CCNC(=O)c1noc(-c2cc(C(C)C)c(O)cc2O)c1-c1noc(COC)n1. The van der Waals surface area contributed by atoms with Gasteiger partial charge in [-0.2, -0.15) is 4.98 Å². The van der Waals surface area contributed by atoms with E-state index in [1.165, 1.54) is 13.2 Å². The van der Waals surface area contributed by atoms with Gasteiger partial charge in [-0.25, -0.2) is 0 Å². The Morgan fingerprint density at radius 3 is 2.62 bits per heavy atom. The summed E-state index contributed by atoms with van der Waals surface area (Å²) in [4.78, 5) is 16.7. The van der Waals surface area contributed by atoms with Crippen LogP contribution in [0.1, 0.15) is 48.6 Å². The predicted octanol–water partition coefficient (Wildman–Crippen LogP) is 2.82. The largest absolute Gasteiger partial charge is 0.508 e. The Balaban J connectivity index is 2.22. The maximum Gasteiger partial charge on any atom is 0.274 e. The summed E-state index contributed by atoms with van der Waals surface area (Å²) in [6, 6.07) is 2.80. The molecule has 0 spiro atoms. The maximum absolute atomic E-state index is 12.5. The van der Waals surface area contributed by atoms with Crippen LogP contribution in [0.5, 0.6) is 11.5 Å². The second-order valence-corrected chi connectivity index (χ2v) is 6.62. The summed E-state index contributed by atoms with van der Waals surface area (Å²) in [6.45, 7) is 6.03. The number of aromatic hydroxyl groups is 2. The molecule has 0 aliphatic carbocycles. The van der Waals surface area contributed by atoms with Crippen molar-refractivity contribution in [2.24, 2.45) is 0 Å². The molecule has 0 aliphatic rings. The van der Waals surface area contributed by atoms with E-state index in [4.69, 9.17) is 13.8 Å². The summed E-state index contributed by atoms with van der Waals surface area (Å²) in [5.41, 5.74) is 0.943. The molecule has 29 heavy (non-hydrogen) atoms. The number of phenols is 2. The molecule has 3 N–H and O–H groups in total. The number of hydrogen-bond acceptors (Lipinski definition) is 9. The summed E-state index contributed by atoms with van der Waals surface area (Å²) in [5.74, 6) is -0.460. The number of carbonyl (C=O) groups excluding carboxylic acids is 1. The van der Waals surface area contributed by atoms with E-state index in [9.17, 15) is 15.0 Å². The summed E-state index contributed by atoms with van der Waals surface area (Å²) >= 11 is 0. The van der Waals surface area contributed by atoms with Crippen LogP contribution in [0.15, 0.2) is 21.2 Å². The van der Waals surface area contributed by atoms with Crippen LogP contribution in [0.2, 0.25) is 0 Å². The van der Waals surface area contributed by atoms with Gasteiger partial charge in [0.15, 0.2) is 11.5 Å². The van der Waals surface area contributed by atoms with Crippen LogP contribution < -0.4 is 5.32 Å². The van der Waals surface area contributed by atoms with Gasteiger partial charge in [0.2, 0.25) is 5.82 Å². The highest BCUT2D eigenvalue weighted by Gasteiger charge is 2.30. The van der Waals surface area contributed by atoms with Gasteiger partial charge in [-0.3, -0.25) is 4.79 Å². The number of amides is 1. The Kier molecular flexibility index (Phi) is 5.83. The molecule has 0 saturated carbocycles. The molecule has 0 radical (unpaired) electrons. The maximum atomic E-state index is 12.5. The third kappa shape index (κ3) is 3.92. The second-order valence-electron chi connectivity index (χ2n) is 6.62. The third-order valence-electron chi connectivity index (χ3n) is 4.22. The molecule has 1 aromatic carbocycles. The molecular formula is C19H22N4O6. The van der Waals surface area contributed by atoms with Crippen LogP contribution in [0.25, 0.3) is 22.7 Å². The van der Waals surface area contributed by atoms with Crippen LogP contribution in [-0.2, 0) is 11.3 Å². The summed E-state index contributed by atoms with van der Waals surface area (Å²) in [6.07, 6.45) is 0. The van der Waals surface area contributed by atoms with Crippen LogP contribution in [0.4, 0.5) is 0 Å². The molecule has 154 valence electrons. The van der Waals surface area contributed by atoms with E-state index in [0.29, 0.717) is 12.1 Å². The third-order valence-corrected chi connectivity index (χ3v) is 4.22. The molecule has 0 atom stereocenters. The van der Waals surface area contributed by atoms with Crippen LogP contribution in [0.3, 0.4) is 0 Å². The highest BCUT2D eigenvalue weighted by molar-refractivity contribution is 6.01. The zero-order chi connectivity index (χ0) is 21.1. The van der Waals surface area contributed by atoms with Gasteiger partial charge in [-0.1, -0.05) is 24.2 Å². The number of methoxy groups -OCH3 is 1. The average molecular weight is 402 g/mol. The summed E-state index contributed by atoms with van der Waals surface area (Å²) < 4.78 is 15.5. The van der Waals surface area contributed by atoms with E-state index in [1.807, 2.05) is 13.8 Å². The van der Waals surface area contributed by atoms with Crippen LogP contribution in [0, 0.1) is 0 Å². The summed E-state index contributed by atoms with van der Waals surface area (Å²) in [7, 11) is 1.48. The van der Waals surface area contributed by atoms with Crippen molar-refractivity contribution in [3.8, 4) is 34.2 Å². The van der Waals surface area contributed by atoms with Gasteiger partial charge in [0, 0.05) is 19.7 Å². The van der Waals surface area contributed by atoms with Crippen molar-refractivity contribution in [2.75, 3.05) is 13.7 Å². The molecule has 10 heteroatoms. The van der Waals surface area contributed by atoms with E-state index < -0.39 is 5.91 Å². The molecule has 0 bridgehead atoms. The standard InChI is InChI=1S/C19H22N4O6/c1-5-20-19(26)16-15(18-21-14(8-27-4)28-23-18)17(29-22-16)11-6-10(9(2)3)12(24)7-13(11)25/h6-7,9,24-25H,5,8H2,1-4H3,(H,20,26). The first kappa shape index (κ1) is 20.3. The molecule has 1 amide bonds. The number of nitrogens with one attached hydrogen (secondary N) is 1. The highest BCUT2D eigenvalue weighted by atomic mass is 16.5. The van der Waals surface area contributed by atoms with Crippen molar-refractivity contribution in [2.45, 2.75) is 33.3 Å². The zero-order valence-corrected chi connectivity index (χ0v) is 16.5. The molecule has 3 aromatic rings. The number of hydrogen-bond donors (Lipinski definition) is 3. The number of aromatic nitrogens is 3. The monoisotopic (exact) mass is 402 g/mol. The number of phenolic OH excluding ortho intramolecular Hbond substituents is 2. The van der Waals surface area contributed by atoms with E-state index in [1.54, 1.807) is 13.0 Å². The van der Waals surface area contributed by atoms with Crippen LogP contribution in [-0.4, -0.2) is 45.1 Å². The minimum atomic E-state index is -0.488. The average Bonchev–Trinajstić information content (AvgIpc) is 3.28. The van der Waals surface area contributed by atoms with Gasteiger partial charge < -0.3 is 29.3 Å². The molecule has 0 unspecified atom stereocenters. The molecule has 0 saturated heterocycles. The van der Waals surface area contributed by atoms with E-state index in [2.05, 4.69) is 20.6 Å². The Morgan fingerprint density at radius 1 is 1.21 bits per heavy atom. The zero-order valence-electron chi connectivity index (χ0n) is 16.5. The number of rotatable bonds is 7. The topological polar surface area (TPSA) is 144 Å². The fourth-order valence-electron chi connectivity index (χ4n) is 2.86.